The molecule has 5 rings (SSSR count). The third-order valence-electron chi connectivity index (χ3n) is 6.79. The van der Waals surface area contributed by atoms with E-state index in [4.69, 9.17) is 0 Å². The zero-order valence-corrected chi connectivity index (χ0v) is 20.2. The van der Waals surface area contributed by atoms with Crippen molar-refractivity contribution in [2.45, 2.75) is 32.2 Å². The predicted octanol–water partition coefficient (Wildman–Crippen LogP) is 4.73. The fraction of sp³-hybridized carbons (Fsp3) is 0.321. The number of piperidine rings is 1. The molecular formula is C28H28FN5O2. The summed E-state index contributed by atoms with van der Waals surface area (Å²) in [6.07, 6.45) is 5.46. The highest BCUT2D eigenvalue weighted by molar-refractivity contribution is 5.98. The van der Waals surface area contributed by atoms with Crippen LogP contribution >= 0.6 is 0 Å². The smallest absolute Gasteiger partial charge is 0.270 e. The molecule has 2 aromatic carbocycles. The summed E-state index contributed by atoms with van der Waals surface area (Å²) in [7, 11) is 1.87. The number of aliphatic hydroxyl groups is 1. The van der Waals surface area contributed by atoms with E-state index in [2.05, 4.69) is 5.10 Å². The zero-order valence-electron chi connectivity index (χ0n) is 20.2. The van der Waals surface area contributed by atoms with E-state index in [-0.39, 0.29) is 18.1 Å². The molecule has 1 aliphatic heterocycles. The Balaban J connectivity index is 1.74. The summed E-state index contributed by atoms with van der Waals surface area (Å²) >= 11 is 0. The standard InChI is InChI=1S/C28H28FN5O2/c1-32-18-22-14-20(8-9-25(22)31-32)27-23(19-6-7-21(17-30)24(29)15-19)16-26(34(27)12-5-13-35)28(36)33-10-3-2-4-11-33/h6-9,14-16,18,35H,2-5,10-13H2,1H3. The lowest BCUT2D eigenvalue weighted by Gasteiger charge is -2.27. The van der Waals surface area contributed by atoms with Crippen LogP contribution in [0.4, 0.5) is 4.39 Å². The van der Waals surface area contributed by atoms with Gasteiger partial charge in [-0.25, -0.2) is 4.39 Å². The summed E-state index contributed by atoms with van der Waals surface area (Å²) in [6.45, 7) is 1.84. The summed E-state index contributed by atoms with van der Waals surface area (Å²) in [6, 6.07) is 14.1. The lowest BCUT2D eigenvalue weighted by atomic mass is 9.99. The van der Waals surface area contributed by atoms with E-state index in [0.717, 1.165) is 41.4 Å². The van der Waals surface area contributed by atoms with Gasteiger partial charge in [0.1, 0.15) is 17.6 Å². The number of aryl methyl sites for hydroxylation is 1. The van der Waals surface area contributed by atoms with Crippen LogP contribution in [0, 0.1) is 17.1 Å². The number of nitriles is 1. The summed E-state index contributed by atoms with van der Waals surface area (Å²) in [5.74, 6) is -0.660. The maximum absolute atomic E-state index is 14.7. The average Bonchev–Trinajstić information content (AvgIpc) is 3.46. The van der Waals surface area contributed by atoms with Gasteiger partial charge < -0.3 is 14.6 Å². The quantitative estimate of drug-likeness (QED) is 0.428. The van der Waals surface area contributed by atoms with Crippen LogP contribution in [0.15, 0.2) is 48.7 Å². The van der Waals surface area contributed by atoms with Crippen molar-refractivity contribution in [3.63, 3.8) is 0 Å². The maximum Gasteiger partial charge on any atom is 0.270 e. The van der Waals surface area contributed by atoms with Crippen molar-refractivity contribution in [1.82, 2.24) is 19.2 Å². The van der Waals surface area contributed by atoms with Crippen LogP contribution in [0.2, 0.25) is 0 Å². The molecule has 2 aromatic heterocycles. The number of fused-ring (bicyclic) bond motifs is 1. The Bertz CT molecular complexity index is 1470. The monoisotopic (exact) mass is 485 g/mol. The number of aliphatic hydroxyl groups excluding tert-OH is 1. The molecule has 0 unspecified atom stereocenters. The zero-order chi connectivity index (χ0) is 25.2. The number of likely N-dealkylation sites (tertiary alicyclic amines) is 1. The highest BCUT2D eigenvalue weighted by Crippen LogP contribution is 2.38. The normalized spacial score (nSPS) is 13.8. The molecule has 1 amide bonds. The largest absolute Gasteiger partial charge is 0.396 e. The van der Waals surface area contributed by atoms with Crippen molar-refractivity contribution in [3.8, 4) is 28.5 Å². The lowest BCUT2D eigenvalue weighted by molar-refractivity contribution is 0.0713. The van der Waals surface area contributed by atoms with E-state index in [9.17, 15) is 19.6 Å². The molecule has 0 aliphatic carbocycles. The topological polar surface area (TPSA) is 87.1 Å². The summed E-state index contributed by atoms with van der Waals surface area (Å²) in [5.41, 5.74) is 4.28. The van der Waals surface area contributed by atoms with E-state index < -0.39 is 5.82 Å². The van der Waals surface area contributed by atoms with Gasteiger partial charge in [-0.05, 0) is 67.1 Å². The van der Waals surface area contributed by atoms with E-state index >= 15 is 0 Å². The second-order valence-corrected chi connectivity index (χ2v) is 9.26. The number of nitrogens with zero attached hydrogens (tertiary/aromatic N) is 5. The SMILES string of the molecule is Cn1cc2cc(-c3c(-c4ccc(C#N)c(F)c4)cc(C(=O)N4CCCCC4)n3CCCO)ccc2n1. The van der Waals surface area contributed by atoms with Gasteiger partial charge in [-0.2, -0.15) is 10.4 Å². The Morgan fingerprint density at radius 3 is 2.61 bits per heavy atom. The van der Waals surface area contributed by atoms with Crippen molar-refractivity contribution in [1.29, 1.82) is 5.26 Å². The minimum atomic E-state index is -0.601. The molecule has 1 saturated heterocycles. The first-order valence-corrected chi connectivity index (χ1v) is 12.3. The molecule has 0 atom stereocenters. The first-order valence-electron chi connectivity index (χ1n) is 12.3. The number of benzene rings is 2. The second-order valence-electron chi connectivity index (χ2n) is 9.26. The fourth-order valence-corrected chi connectivity index (χ4v) is 5.05. The molecule has 0 saturated carbocycles. The number of hydrogen-bond acceptors (Lipinski definition) is 4. The molecule has 0 bridgehead atoms. The molecular weight excluding hydrogens is 457 g/mol. The van der Waals surface area contributed by atoms with Crippen LogP contribution in [-0.2, 0) is 13.6 Å². The van der Waals surface area contributed by atoms with Gasteiger partial charge in [0.2, 0.25) is 0 Å². The molecule has 4 aromatic rings. The van der Waals surface area contributed by atoms with Crippen LogP contribution in [0.5, 0.6) is 0 Å². The minimum absolute atomic E-state index is 0.0164. The highest BCUT2D eigenvalue weighted by Gasteiger charge is 2.27. The van der Waals surface area contributed by atoms with Gasteiger partial charge in [-0.3, -0.25) is 9.48 Å². The molecule has 7 nitrogen and oxygen atoms in total. The van der Waals surface area contributed by atoms with Crippen LogP contribution in [0.1, 0.15) is 41.7 Å². The van der Waals surface area contributed by atoms with Crippen LogP contribution in [0.3, 0.4) is 0 Å². The minimum Gasteiger partial charge on any atom is -0.396 e. The first-order chi connectivity index (χ1) is 17.5. The predicted molar refractivity (Wildman–Crippen MR) is 136 cm³/mol. The van der Waals surface area contributed by atoms with Crippen molar-refractivity contribution in [2.24, 2.45) is 7.05 Å². The molecule has 0 spiro atoms. The molecule has 8 heteroatoms. The first kappa shape index (κ1) is 23.8. The van der Waals surface area contributed by atoms with Crippen LogP contribution in [-0.4, -0.2) is 50.0 Å². The van der Waals surface area contributed by atoms with Gasteiger partial charge in [0.05, 0.1) is 16.8 Å². The van der Waals surface area contributed by atoms with E-state index in [1.165, 1.54) is 12.1 Å². The molecule has 1 aliphatic rings. The molecule has 0 radical (unpaired) electrons. The fourth-order valence-electron chi connectivity index (χ4n) is 5.05. The van der Waals surface area contributed by atoms with Gasteiger partial charge in [-0.1, -0.05) is 12.1 Å². The number of rotatable bonds is 6. The Kier molecular flexibility index (Phi) is 6.57. The molecule has 1 fully saturated rings. The number of aromatic nitrogens is 3. The third kappa shape index (κ3) is 4.38. The summed E-state index contributed by atoms with van der Waals surface area (Å²) in [4.78, 5) is 15.6. The number of carbonyl (C=O) groups is 1. The van der Waals surface area contributed by atoms with Crippen molar-refractivity contribution < 1.29 is 14.3 Å². The number of hydrogen-bond donors (Lipinski definition) is 1. The van der Waals surface area contributed by atoms with Crippen LogP contribution < -0.4 is 0 Å². The Labute approximate surface area is 209 Å². The highest BCUT2D eigenvalue weighted by atomic mass is 19.1. The summed E-state index contributed by atoms with van der Waals surface area (Å²) in [5, 5.41) is 24.2. The summed E-state index contributed by atoms with van der Waals surface area (Å²) < 4.78 is 18.4. The molecule has 36 heavy (non-hydrogen) atoms. The van der Waals surface area contributed by atoms with Crippen molar-refractivity contribution in [3.05, 3.63) is 65.7 Å². The Morgan fingerprint density at radius 1 is 1.11 bits per heavy atom. The second kappa shape index (κ2) is 9.96. The number of carbonyl (C=O) groups excluding carboxylic acids is 1. The van der Waals surface area contributed by atoms with E-state index in [1.807, 2.05) is 53.0 Å². The van der Waals surface area contributed by atoms with Crippen molar-refractivity contribution >= 4 is 16.8 Å². The molecule has 184 valence electrons. The average molecular weight is 486 g/mol. The van der Waals surface area contributed by atoms with Gasteiger partial charge >= 0.3 is 0 Å². The maximum atomic E-state index is 14.7. The third-order valence-corrected chi connectivity index (χ3v) is 6.79. The Morgan fingerprint density at radius 2 is 1.89 bits per heavy atom. The van der Waals surface area contributed by atoms with Crippen LogP contribution in [0.25, 0.3) is 33.3 Å². The van der Waals surface area contributed by atoms with E-state index in [1.54, 1.807) is 10.7 Å². The van der Waals surface area contributed by atoms with Gasteiger partial charge in [0, 0.05) is 50.4 Å². The number of halogens is 1. The molecule has 1 N–H and O–H groups in total. The van der Waals surface area contributed by atoms with Gasteiger partial charge in [0.25, 0.3) is 5.91 Å². The van der Waals surface area contributed by atoms with Crippen molar-refractivity contribution in [2.75, 3.05) is 19.7 Å². The molecule has 3 heterocycles. The lowest BCUT2D eigenvalue weighted by Crippen LogP contribution is -2.36. The van der Waals surface area contributed by atoms with Gasteiger partial charge in [-0.15, -0.1) is 0 Å². The Hall–Kier alpha value is -3.96. The number of amides is 1. The van der Waals surface area contributed by atoms with Gasteiger partial charge in [0.15, 0.2) is 0 Å². The van der Waals surface area contributed by atoms with E-state index in [0.29, 0.717) is 42.9 Å².